The predicted molar refractivity (Wildman–Crippen MR) is 104 cm³/mol. The van der Waals surface area contributed by atoms with Crippen LogP contribution in [0.3, 0.4) is 0 Å². The summed E-state index contributed by atoms with van der Waals surface area (Å²) in [6.07, 6.45) is 0. The highest BCUT2D eigenvalue weighted by Crippen LogP contribution is 2.30. The van der Waals surface area contributed by atoms with Crippen LogP contribution in [0, 0.1) is 11.2 Å². The number of hydrogen-bond acceptors (Lipinski definition) is 4. The number of carbonyl (C=O) groups excluding carboxylic acids is 1. The minimum absolute atomic E-state index is 0. The van der Waals surface area contributed by atoms with E-state index < -0.39 is 6.04 Å². The van der Waals surface area contributed by atoms with Gasteiger partial charge >= 0.3 is 0 Å². The smallest absolute Gasteiger partial charge is 0.240 e. The lowest BCUT2D eigenvalue weighted by Crippen LogP contribution is -2.56. The fourth-order valence-electron chi connectivity index (χ4n) is 2.65. The van der Waals surface area contributed by atoms with Gasteiger partial charge in [0, 0.05) is 32.2 Å². The molecule has 0 bridgehead atoms. The number of benzene rings is 1. The molecule has 1 aromatic carbocycles. The monoisotopic (exact) mass is 395 g/mol. The topological polar surface area (TPSA) is 58.8 Å². The third kappa shape index (κ3) is 5.62. The highest BCUT2D eigenvalue weighted by atomic mass is 35.5. The Bertz CT molecular complexity index is 574. The number of anilines is 1. The van der Waals surface area contributed by atoms with Gasteiger partial charge in [0.05, 0.1) is 18.8 Å². The van der Waals surface area contributed by atoms with Gasteiger partial charge in [0.25, 0.3) is 0 Å². The summed E-state index contributed by atoms with van der Waals surface area (Å²) in [5.41, 5.74) is 6.66. The maximum absolute atomic E-state index is 13.3. The van der Waals surface area contributed by atoms with E-state index in [-0.39, 0.29) is 42.0 Å². The van der Waals surface area contributed by atoms with Crippen LogP contribution in [0.15, 0.2) is 18.2 Å². The largest absolute Gasteiger partial charge is 0.494 e. The summed E-state index contributed by atoms with van der Waals surface area (Å²) >= 11 is 0. The molecular weight excluding hydrogens is 368 g/mol. The molecule has 1 fully saturated rings. The zero-order valence-electron chi connectivity index (χ0n) is 15.1. The van der Waals surface area contributed by atoms with Crippen molar-refractivity contribution in [2.75, 3.05) is 38.2 Å². The average Bonchev–Trinajstić information content (AvgIpc) is 2.52. The summed E-state index contributed by atoms with van der Waals surface area (Å²) in [6.45, 7) is 8.45. The molecule has 1 amide bonds. The number of rotatable bonds is 3. The number of methoxy groups -OCH3 is 1. The molecule has 0 radical (unpaired) electrons. The first kappa shape index (κ1) is 23.8. The van der Waals surface area contributed by atoms with Crippen molar-refractivity contribution in [3.8, 4) is 5.75 Å². The Morgan fingerprint density at radius 2 is 1.76 bits per heavy atom. The second kappa shape index (κ2) is 9.46. The fourth-order valence-corrected chi connectivity index (χ4v) is 2.65. The van der Waals surface area contributed by atoms with Gasteiger partial charge in [-0.2, -0.15) is 0 Å². The fraction of sp³-hybridized carbons (Fsp3) is 0.588. The molecule has 25 heavy (non-hydrogen) atoms. The van der Waals surface area contributed by atoms with Crippen LogP contribution in [0.1, 0.15) is 20.8 Å². The third-order valence-electron chi connectivity index (χ3n) is 4.27. The van der Waals surface area contributed by atoms with E-state index in [1.54, 1.807) is 6.07 Å². The molecule has 2 rings (SSSR count). The van der Waals surface area contributed by atoms with Crippen molar-refractivity contribution in [3.05, 3.63) is 24.0 Å². The van der Waals surface area contributed by atoms with Crippen molar-refractivity contribution < 1.29 is 13.9 Å². The van der Waals surface area contributed by atoms with Gasteiger partial charge in [0.1, 0.15) is 11.6 Å². The predicted octanol–water partition coefficient (Wildman–Crippen LogP) is 2.70. The summed E-state index contributed by atoms with van der Waals surface area (Å²) in [4.78, 5) is 16.4. The van der Waals surface area contributed by atoms with Crippen LogP contribution < -0.4 is 15.4 Å². The van der Waals surface area contributed by atoms with E-state index in [1.165, 1.54) is 19.2 Å². The van der Waals surface area contributed by atoms with Crippen LogP contribution in [0.25, 0.3) is 0 Å². The second-order valence-electron chi connectivity index (χ2n) is 6.97. The van der Waals surface area contributed by atoms with E-state index in [0.717, 1.165) is 5.69 Å². The molecule has 0 aromatic heterocycles. The Hall–Kier alpha value is -1.24. The first-order valence-electron chi connectivity index (χ1n) is 7.87. The molecule has 0 spiro atoms. The average molecular weight is 396 g/mol. The normalized spacial score (nSPS) is 15.8. The number of piperazine rings is 1. The Kier molecular flexibility index (Phi) is 8.99. The van der Waals surface area contributed by atoms with Crippen LogP contribution >= 0.6 is 24.8 Å². The van der Waals surface area contributed by atoms with Crippen LogP contribution in [-0.4, -0.2) is 50.1 Å². The molecule has 1 aromatic rings. The van der Waals surface area contributed by atoms with Crippen LogP contribution in [0.4, 0.5) is 10.1 Å². The van der Waals surface area contributed by atoms with E-state index in [4.69, 9.17) is 10.5 Å². The summed E-state index contributed by atoms with van der Waals surface area (Å²) in [6, 6.07) is 4.01. The van der Waals surface area contributed by atoms with Gasteiger partial charge in [-0.15, -0.1) is 24.8 Å². The molecule has 2 N–H and O–H groups in total. The molecule has 0 unspecified atom stereocenters. The molecule has 0 saturated carbocycles. The number of halogens is 3. The van der Waals surface area contributed by atoms with E-state index in [2.05, 4.69) is 4.90 Å². The molecule has 5 nitrogen and oxygen atoms in total. The third-order valence-corrected chi connectivity index (χ3v) is 4.27. The first-order valence-corrected chi connectivity index (χ1v) is 7.87. The van der Waals surface area contributed by atoms with Gasteiger partial charge in [-0.3, -0.25) is 4.79 Å². The Balaban J connectivity index is 0.00000288. The van der Waals surface area contributed by atoms with Crippen molar-refractivity contribution in [1.29, 1.82) is 0 Å². The Labute approximate surface area is 161 Å². The van der Waals surface area contributed by atoms with Gasteiger partial charge in [-0.1, -0.05) is 20.8 Å². The first-order chi connectivity index (χ1) is 10.7. The lowest BCUT2D eigenvalue weighted by atomic mass is 9.86. The summed E-state index contributed by atoms with van der Waals surface area (Å²) in [7, 11) is 1.53. The minimum atomic E-state index is -0.505. The number of amides is 1. The molecule has 1 aliphatic rings. The molecule has 8 heteroatoms. The van der Waals surface area contributed by atoms with Gasteiger partial charge in [0.15, 0.2) is 0 Å². The molecule has 0 aliphatic carbocycles. The lowest BCUT2D eigenvalue weighted by Gasteiger charge is -2.39. The summed E-state index contributed by atoms with van der Waals surface area (Å²) in [5.74, 6) is 0.176. The number of carbonyl (C=O) groups is 1. The van der Waals surface area contributed by atoms with Crippen molar-refractivity contribution in [1.82, 2.24) is 4.90 Å². The van der Waals surface area contributed by atoms with Gasteiger partial charge < -0.3 is 20.3 Å². The van der Waals surface area contributed by atoms with Crippen LogP contribution in [-0.2, 0) is 4.79 Å². The number of nitrogens with zero attached hydrogens (tertiary/aromatic N) is 2. The minimum Gasteiger partial charge on any atom is -0.494 e. The van der Waals surface area contributed by atoms with E-state index in [1.807, 2.05) is 25.7 Å². The molecule has 1 aliphatic heterocycles. The van der Waals surface area contributed by atoms with E-state index >= 15 is 0 Å². The number of hydrogen-bond donors (Lipinski definition) is 1. The van der Waals surface area contributed by atoms with Gasteiger partial charge in [-0.25, -0.2) is 4.39 Å². The summed E-state index contributed by atoms with van der Waals surface area (Å²) < 4.78 is 18.6. The maximum atomic E-state index is 13.3. The Morgan fingerprint density at radius 1 is 1.20 bits per heavy atom. The molecule has 1 atom stereocenters. The highest BCUT2D eigenvalue weighted by molar-refractivity contribution is 5.85. The molecule has 144 valence electrons. The molecule has 1 saturated heterocycles. The van der Waals surface area contributed by atoms with Crippen molar-refractivity contribution in [3.63, 3.8) is 0 Å². The Morgan fingerprint density at radius 3 is 2.24 bits per heavy atom. The van der Waals surface area contributed by atoms with E-state index in [9.17, 15) is 9.18 Å². The SMILES string of the molecule is COc1cc(F)ccc1N1CCN(C(=O)[C@@H](N)C(C)(C)C)CC1.Cl.Cl. The summed E-state index contributed by atoms with van der Waals surface area (Å²) in [5, 5.41) is 0. The van der Waals surface area contributed by atoms with Crippen molar-refractivity contribution >= 4 is 36.4 Å². The van der Waals surface area contributed by atoms with Crippen LogP contribution in [0.2, 0.25) is 0 Å². The molecular formula is C17H28Cl2FN3O2. The molecule has 1 heterocycles. The zero-order chi connectivity index (χ0) is 17.2. The lowest BCUT2D eigenvalue weighted by molar-refractivity contribution is -0.135. The highest BCUT2D eigenvalue weighted by Gasteiger charge is 2.32. The van der Waals surface area contributed by atoms with Crippen LogP contribution in [0.5, 0.6) is 5.75 Å². The van der Waals surface area contributed by atoms with Crippen molar-refractivity contribution in [2.24, 2.45) is 11.1 Å². The number of ether oxygens (including phenoxy) is 1. The maximum Gasteiger partial charge on any atom is 0.240 e. The standard InChI is InChI=1S/C17H26FN3O2.2ClH/c1-17(2,3)15(19)16(22)21-9-7-20(8-10-21)13-6-5-12(18)11-14(13)23-4;;/h5-6,11,15H,7-10,19H2,1-4H3;2*1H/t15-;;/m1../s1. The number of nitrogens with two attached hydrogens (primary N) is 1. The van der Waals surface area contributed by atoms with E-state index in [0.29, 0.717) is 31.9 Å². The van der Waals surface area contributed by atoms with Gasteiger partial charge in [0.2, 0.25) is 5.91 Å². The van der Waals surface area contributed by atoms with Gasteiger partial charge in [-0.05, 0) is 17.5 Å². The zero-order valence-corrected chi connectivity index (χ0v) is 16.8. The second-order valence-corrected chi connectivity index (χ2v) is 6.97. The quantitative estimate of drug-likeness (QED) is 0.854. The van der Waals surface area contributed by atoms with Crippen molar-refractivity contribution in [2.45, 2.75) is 26.8 Å².